The molecule has 2 rings (SSSR count). The summed E-state index contributed by atoms with van der Waals surface area (Å²) in [5.41, 5.74) is 6.64. The molecule has 3 N–H and O–H groups in total. The van der Waals surface area contributed by atoms with Crippen molar-refractivity contribution in [2.45, 2.75) is 6.61 Å². The van der Waals surface area contributed by atoms with Gasteiger partial charge in [0, 0.05) is 22.3 Å². The molecule has 0 aliphatic carbocycles. The molecule has 110 valence electrons. The van der Waals surface area contributed by atoms with Crippen molar-refractivity contribution in [3.05, 3.63) is 52.5 Å². The van der Waals surface area contributed by atoms with Gasteiger partial charge in [0.2, 0.25) is 0 Å². The minimum atomic E-state index is -1.07. The maximum atomic E-state index is 10.9. The Labute approximate surface area is 126 Å². The van der Waals surface area contributed by atoms with E-state index in [4.69, 9.17) is 31.9 Å². The molecule has 0 radical (unpaired) electrons. The van der Waals surface area contributed by atoms with E-state index in [1.807, 2.05) is 0 Å². The third-order valence-electron chi connectivity index (χ3n) is 2.89. The number of ether oxygens (including phenoxy) is 2. The lowest BCUT2D eigenvalue weighted by molar-refractivity contribution is 0.0698. The molecular formula is C15H14ClNO4. The number of anilines is 1. The minimum absolute atomic E-state index is 0.0442. The highest BCUT2D eigenvalue weighted by Crippen LogP contribution is 2.25. The Bertz CT molecular complexity index is 673. The number of rotatable bonds is 5. The molecule has 0 bridgehead atoms. The van der Waals surface area contributed by atoms with Crippen molar-refractivity contribution in [3.8, 4) is 11.5 Å². The van der Waals surface area contributed by atoms with E-state index in [0.717, 1.165) is 5.56 Å². The Balaban J connectivity index is 2.15. The summed E-state index contributed by atoms with van der Waals surface area (Å²) in [5.74, 6) is 0.0598. The lowest BCUT2D eigenvalue weighted by Gasteiger charge is -2.11. The smallest absolute Gasteiger partial charge is 0.337 e. The summed E-state index contributed by atoms with van der Waals surface area (Å²) in [6.07, 6.45) is 0. The predicted molar refractivity (Wildman–Crippen MR) is 80.1 cm³/mol. The van der Waals surface area contributed by atoms with Crippen molar-refractivity contribution in [2.24, 2.45) is 0 Å². The fourth-order valence-corrected chi connectivity index (χ4v) is 2.04. The minimum Gasteiger partial charge on any atom is -0.496 e. The van der Waals surface area contributed by atoms with Gasteiger partial charge in [-0.1, -0.05) is 11.6 Å². The fourth-order valence-electron chi connectivity index (χ4n) is 1.85. The van der Waals surface area contributed by atoms with Crippen LogP contribution in [0.25, 0.3) is 0 Å². The van der Waals surface area contributed by atoms with Gasteiger partial charge in [0.05, 0.1) is 12.7 Å². The van der Waals surface area contributed by atoms with E-state index in [-0.39, 0.29) is 17.9 Å². The van der Waals surface area contributed by atoms with Crippen LogP contribution >= 0.6 is 11.6 Å². The summed E-state index contributed by atoms with van der Waals surface area (Å²) < 4.78 is 10.8. The van der Waals surface area contributed by atoms with Crippen molar-refractivity contribution in [2.75, 3.05) is 12.8 Å². The van der Waals surface area contributed by atoms with Crippen LogP contribution in [0.1, 0.15) is 15.9 Å². The van der Waals surface area contributed by atoms with Gasteiger partial charge in [-0.3, -0.25) is 0 Å². The van der Waals surface area contributed by atoms with Crippen LogP contribution in [-0.2, 0) is 6.61 Å². The second-order valence-corrected chi connectivity index (χ2v) is 4.74. The zero-order chi connectivity index (χ0) is 15.4. The largest absolute Gasteiger partial charge is 0.496 e. The first kappa shape index (κ1) is 15.0. The molecule has 0 spiro atoms. The molecule has 0 aromatic heterocycles. The second kappa shape index (κ2) is 6.37. The third kappa shape index (κ3) is 3.58. The predicted octanol–water partition coefficient (Wildman–Crippen LogP) is 3.21. The van der Waals surface area contributed by atoms with E-state index >= 15 is 0 Å². The molecule has 21 heavy (non-hydrogen) atoms. The number of carboxylic acids is 1. The average molecular weight is 308 g/mol. The van der Waals surface area contributed by atoms with Crippen molar-refractivity contribution in [1.29, 1.82) is 0 Å². The number of carboxylic acid groups (broad SMARTS) is 1. The highest BCUT2D eigenvalue weighted by Gasteiger charge is 2.09. The Morgan fingerprint density at radius 1 is 1.29 bits per heavy atom. The number of nitrogen functional groups attached to an aromatic ring is 1. The molecular weight excluding hydrogens is 294 g/mol. The number of hydrogen-bond acceptors (Lipinski definition) is 4. The van der Waals surface area contributed by atoms with E-state index in [1.54, 1.807) is 31.4 Å². The van der Waals surface area contributed by atoms with Gasteiger partial charge in [-0.05, 0) is 30.3 Å². The van der Waals surface area contributed by atoms with Crippen LogP contribution < -0.4 is 15.2 Å². The number of methoxy groups -OCH3 is 1. The first-order valence-electron chi connectivity index (χ1n) is 6.09. The van der Waals surface area contributed by atoms with Gasteiger partial charge < -0.3 is 20.3 Å². The highest BCUT2D eigenvalue weighted by molar-refractivity contribution is 6.30. The number of benzene rings is 2. The van der Waals surface area contributed by atoms with Crippen LogP contribution in [0.4, 0.5) is 5.69 Å². The number of aromatic carboxylic acids is 1. The SMILES string of the molecule is COc1ccc(Cl)cc1COc1ccc(C(=O)O)c(N)c1. The first-order chi connectivity index (χ1) is 10.0. The molecule has 2 aromatic rings. The Kier molecular flexibility index (Phi) is 4.55. The zero-order valence-electron chi connectivity index (χ0n) is 11.3. The van der Waals surface area contributed by atoms with E-state index in [2.05, 4.69) is 0 Å². The van der Waals surface area contributed by atoms with E-state index < -0.39 is 5.97 Å². The monoisotopic (exact) mass is 307 g/mol. The summed E-state index contributed by atoms with van der Waals surface area (Å²) in [4.78, 5) is 10.9. The molecule has 0 amide bonds. The van der Waals surface area contributed by atoms with Gasteiger partial charge in [0.25, 0.3) is 0 Å². The van der Waals surface area contributed by atoms with Gasteiger partial charge in [-0.25, -0.2) is 4.79 Å². The molecule has 2 aromatic carbocycles. The maximum Gasteiger partial charge on any atom is 0.337 e. The molecule has 0 unspecified atom stereocenters. The molecule has 0 aliphatic rings. The summed E-state index contributed by atoms with van der Waals surface area (Å²) >= 11 is 5.94. The Hall–Kier alpha value is -2.40. The number of hydrogen-bond donors (Lipinski definition) is 2. The van der Waals surface area contributed by atoms with Crippen molar-refractivity contribution < 1.29 is 19.4 Å². The molecule has 0 heterocycles. The molecule has 0 saturated carbocycles. The van der Waals surface area contributed by atoms with Crippen molar-refractivity contribution in [1.82, 2.24) is 0 Å². The van der Waals surface area contributed by atoms with Crippen LogP contribution in [0.15, 0.2) is 36.4 Å². The normalized spacial score (nSPS) is 10.2. The number of nitrogens with two attached hydrogens (primary N) is 1. The average Bonchev–Trinajstić information content (AvgIpc) is 2.45. The molecule has 6 heteroatoms. The summed E-state index contributed by atoms with van der Waals surface area (Å²) in [6, 6.07) is 9.65. The van der Waals surface area contributed by atoms with Gasteiger partial charge in [0.15, 0.2) is 0 Å². The number of carbonyl (C=O) groups is 1. The fraction of sp³-hybridized carbons (Fsp3) is 0.133. The van der Waals surface area contributed by atoms with Crippen LogP contribution in [-0.4, -0.2) is 18.2 Å². The van der Waals surface area contributed by atoms with Gasteiger partial charge in [0.1, 0.15) is 18.1 Å². The summed E-state index contributed by atoms with van der Waals surface area (Å²) in [5, 5.41) is 9.49. The lowest BCUT2D eigenvalue weighted by Crippen LogP contribution is -2.03. The summed E-state index contributed by atoms with van der Waals surface area (Å²) in [7, 11) is 1.56. The Morgan fingerprint density at radius 3 is 2.67 bits per heavy atom. The van der Waals surface area contributed by atoms with Gasteiger partial charge in [-0.2, -0.15) is 0 Å². The van der Waals surface area contributed by atoms with Gasteiger partial charge >= 0.3 is 5.97 Å². The van der Waals surface area contributed by atoms with Gasteiger partial charge in [-0.15, -0.1) is 0 Å². The van der Waals surface area contributed by atoms with Crippen LogP contribution in [0.2, 0.25) is 5.02 Å². The number of halogens is 1. The highest BCUT2D eigenvalue weighted by atomic mass is 35.5. The van der Waals surface area contributed by atoms with Crippen LogP contribution in [0.3, 0.4) is 0 Å². The van der Waals surface area contributed by atoms with Crippen molar-refractivity contribution in [3.63, 3.8) is 0 Å². The van der Waals surface area contributed by atoms with Crippen LogP contribution in [0.5, 0.6) is 11.5 Å². The second-order valence-electron chi connectivity index (χ2n) is 4.30. The molecule has 0 fully saturated rings. The topological polar surface area (TPSA) is 81.8 Å². The van der Waals surface area contributed by atoms with Crippen LogP contribution in [0, 0.1) is 0 Å². The molecule has 5 nitrogen and oxygen atoms in total. The standard InChI is InChI=1S/C15H14ClNO4/c1-20-14-5-2-10(16)6-9(14)8-21-11-3-4-12(15(18)19)13(17)7-11/h2-7H,8,17H2,1H3,(H,18,19). The van der Waals surface area contributed by atoms with E-state index in [9.17, 15) is 4.79 Å². The lowest BCUT2D eigenvalue weighted by atomic mass is 10.1. The zero-order valence-corrected chi connectivity index (χ0v) is 12.1. The summed E-state index contributed by atoms with van der Waals surface area (Å²) in [6.45, 7) is 0.232. The molecule has 0 saturated heterocycles. The van der Waals surface area contributed by atoms with E-state index in [1.165, 1.54) is 12.1 Å². The van der Waals surface area contributed by atoms with E-state index in [0.29, 0.717) is 16.5 Å². The Morgan fingerprint density at radius 2 is 2.05 bits per heavy atom. The molecule has 0 aliphatic heterocycles. The third-order valence-corrected chi connectivity index (χ3v) is 3.13. The maximum absolute atomic E-state index is 10.9. The van der Waals surface area contributed by atoms with Crippen molar-refractivity contribution >= 4 is 23.3 Å². The molecule has 0 atom stereocenters. The quantitative estimate of drug-likeness (QED) is 0.829. The first-order valence-corrected chi connectivity index (χ1v) is 6.47.